The molecule has 120 valence electrons. The van der Waals surface area contributed by atoms with Gasteiger partial charge in [0.2, 0.25) is 0 Å². The van der Waals surface area contributed by atoms with Crippen LogP contribution in [0.4, 0.5) is 4.79 Å². The van der Waals surface area contributed by atoms with E-state index in [2.05, 4.69) is 29.7 Å². The SMILES string of the molecule is CC1CCCc2ccccc2C1NC(=O)NCCCC(=O)O. The van der Waals surface area contributed by atoms with Gasteiger partial charge in [0.05, 0.1) is 6.04 Å². The molecular weight excluding hydrogens is 280 g/mol. The van der Waals surface area contributed by atoms with E-state index in [-0.39, 0.29) is 18.5 Å². The molecule has 0 aromatic heterocycles. The van der Waals surface area contributed by atoms with Crippen LogP contribution in [-0.4, -0.2) is 23.7 Å². The molecule has 5 nitrogen and oxygen atoms in total. The van der Waals surface area contributed by atoms with Crippen LogP contribution < -0.4 is 10.6 Å². The smallest absolute Gasteiger partial charge is 0.315 e. The van der Waals surface area contributed by atoms with Crippen molar-refractivity contribution >= 4 is 12.0 Å². The molecule has 2 rings (SSSR count). The van der Waals surface area contributed by atoms with E-state index < -0.39 is 5.97 Å². The topological polar surface area (TPSA) is 78.4 Å². The Morgan fingerprint density at radius 2 is 2.09 bits per heavy atom. The van der Waals surface area contributed by atoms with Gasteiger partial charge in [0.15, 0.2) is 0 Å². The molecule has 0 radical (unpaired) electrons. The minimum atomic E-state index is -0.839. The summed E-state index contributed by atoms with van der Waals surface area (Å²) < 4.78 is 0. The molecule has 1 aromatic rings. The molecular formula is C17H24N2O3. The number of fused-ring (bicyclic) bond motifs is 1. The first-order chi connectivity index (χ1) is 10.6. The summed E-state index contributed by atoms with van der Waals surface area (Å²) in [5, 5.41) is 14.4. The summed E-state index contributed by atoms with van der Waals surface area (Å²) in [7, 11) is 0. The largest absolute Gasteiger partial charge is 0.481 e. The van der Waals surface area contributed by atoms with Gasteiger partial charge in [0.1, 0.15) is 0 Å². The van der Waals surface area contributed by atoms with Gasteiger partial charge in [-0.2, -0.15) is 0 Å². The maximum Gasteiger partial charge on any atom is 0.315 e. The molecule has 5 heteroatoms. The van der Waals surface area contributed by atoms with Crippen molar-refractivity contribution in [2.24, 2.45) is 5.92 Å². The highest BCUT2D eigenvalue weighted by atomic mass is 16.4. The Balaban J connectivity index is 1.95. The van der Waals surface area contributed by atoms with E-state index >= 15 is 0 Å². The Morgan fingerprint density at radius 1 is 1.32 bits per heavy atom. The number of aliphatic carboxylic acids is 1. The van der Waals surface area contributed by atoms with Gasteiger partial charge < -0.3 is 15.7 Å². The van der Waals surface area contributed by atoms with Crippen LogP contribution in [-0.2, 0) is 11.2 Å². The van der Waals surface area contributed by atoms with Gasteiger partial charge >= 0.3 is 12.0 Å². The Hall–Kier alpha value is -2.04. The molecule has 2 amide bonds. The molecule has 2 atom stereocenters. The van der Waals surface area contributed by atoms with Gasteiger partial charge in [-0.3, -0.25) is 4.79 Å². The van der Waals surface area contributed by atoms with E-state index in [0.29, 0.717) is 18.9 Å². The Labute approximate surface area is 131 Å². The normalized spacial score (nSPS) is 20.6. The van der Waals surface area contributed by atoms with Crippen LogP contribution in [0, 0.1) is 5.92 Å². The first-order valence-electron chi connectivity index (χ1n) is 7.92. The number of carboxylic acids is 1. The zero-order chi connectivity index (χ0) is 15.9. The molecule has 0 spiro atoms. The maximum atomic E-state index is 12.1. The molecule has 22 heavy (non-hydrogen) atoms. The highest BCUT2D eigenvalue weighted by Crippen LogP contribution is 2.32. The van der Waals surface area contributed by atoms with Crippen molar-refractivity contribution in [2.45, 2.75) is 45.1 Å². The van der Waals surface area contributed by atoms with Gasteiger partial charge in [-0.15, -0.1) is 0 Å². The number of rotatable bonds is 5. The summed E-state index contributed by atoms with van der Waals surface area (Å²) in [6.45, 7) is 2.54. The van der Waals surface area contributed by atoms with Crippen molar-refractivity contribution in [3.8, 4) is 0 Å². The molecule has 0 saturated carbocycles. The molecule has 0 saturated heterocycles. The zero-order valence-corrected chi connectivity index (χ0v) is 13.0. The fraction of sp³-hybridized carbons (Fsp3) is 0.529. The average molecular weight is 304 g/mol. The van der Waals surface area contributed by atoms with E-state index in [9.17, 15) is 9.59 Å². The van der Waals surface area contributed by atoms with E-state index in [1.165, 1.54) is 11.1 Å². The molecule has 0 bridgehead atoms. The number of aryl methyl sites for hydroxylation is 1. The lowest BCUT2D eigenvalue weighted by molar-refractivity contribution is -0.137. The predicted octanol–water partition coefficient (Wildman–Crippen LogP) is 2.86. The monoisotopic (exact) mass is 304 g/mol. The number of urea groups is 1. The minimum absolute atomic E-state index is 0.0122. The second-order valence-corrected chi connectivity index (χ2v) is 5.94. The summed E-state index contributed by atoms with van der Waals surface area (Å²) >= 11 is 0. The van der Waals surface area contributed by atoms with E-state index in [4.69, 9.17) is 5.11 Å². The third kappa shape index (κ3) is 4.48. The predicted molar refractivity (Wildman–Crippen MR) is 84.7 cm³/mol. The highest BCUT2D eigenvalue weighted by molar-refractivity contribution is 5.74. The average Bonchev–Trinajstić information content (AvgIpc) is 2.64. The van der Waals surface area contributed by atoms with Crippen molar-refractivity contribution in [1.29, 1.82) is 0 Å². The third-order valence-electron chi connectivity index (χ3n) is 4.20. The number of nitrogens with one attached hydrogen (secondary N) is 2. The third-order valence-corrected chi connectivity index (χ3v) is 4.20. The summed E-state index contributed by atoms with van der Waals surface area (Å²) in [4.78, 5) is 22.5. The highest BCUT2D eigenvalue weighted by Gasteiger charge is 2.25. The standard InChI is InChI=1S/C17H24N2O3/c1-12-6-4-8-13-7-2-3-9-14(13)16(12)19-17(22)18-11-5-10-15(20)21/h2-3,7,9,12,16H,4-6,8,10-11H2,1H3,(H,20,21)(H2,18,19,22). The number of carbonyl (C=O) groups is 2. The molecule has 0 aliphatic heterocycles. The number of amides is 2. The number of carbonyl (C=O) groups excluding carboxylic acids is 1. The van der Waals surface area contributed by atoms with Gasteiger partial charge in [0, 0.05) is 13.0 Å². The van der Waals surface area contributed by atoms with Crippen LogP contribution in [0.25, 0.3) is 0 Å². The van der Waals surface area contributed by atoms with Crippen molar-refractivity contribution in [3.05, 3.63) is 35.4 Å². The maximum absolute atomic E-state index is 12.1. The molecule has 2 unspecified atom stereocenters. The summed E-state index contributed by atoms with van der Waals surface area (Å²) in [5.41, 5.74) is 2.51. The van der Waals surface area contributed by atoms with Gasteiger partial charge in [-0.25, -0.2) is 4.79 Å². The Bertz CT molecular complexity index is 530. The number of carboxylic acid groups (broad SMARTS) is 1. The van der Waals surface area contributed by atoms with Crippen LogP contribution in [0.2, 0.25) is 0 Å². The minimum Gasteiger partial charge on any atom is -0.481 e. The molecule has 1 aliphatic carbocycles. The molecule has 1 aromatic carbocycles. The number of benzene rings is 1. The van der Waals surface area contributed by atoms with Crippen molar-refractivity contribution in [3.63, 3.8) is 0 Å². The van der Waals surface area contributed by atoms with Gasteiger partial charge in [-0.1, -0.05) is 31.2 Å². The summed E-state index contributed by atoms with van der Waals surface area (Å²) in [6, 6.07) is 8.06. The lowest BCUT2D eigenvalue weighted by Crippen LogP contribution is -2.40. The van der Waals surface area contributed by atoms with E-state index in [0.717, 1.165) is 19.3 Å². The Kier molecular flexibility index (Phi) is 5.81. The fourth-order valence-electron chi connectivity index (χ4n) is 3.01. The van der Waals surface area contributed by atoms with Crippen molar-refractivity contribution in [2.75, 3.05) is 6.54 Å². The van der Waals surface area contributed by atoms with Crippen molar-refractivity contribution in [1.82, 2.24) is 10.6 Å². The summed E-state index contributed by atoms with van der Waals surface area (Å²) in [5.74, 6) is -0.457. The van der Waals surface area contributed by atoms with Crippen LogP contribution >= 0.6 is 0 Å². The molecule has 0 fully saturated rings. The lowest BCUT2D eigenvalue weighted by atomic mass is 9.92. The van der Waals surface area contributed by atoms with Crippen LogP contribution in [0.1, 0.15) is 49.8 Å². The number of hydrogen-bond acceptors (Lipinski definition) is 2. The van der Waals surface area contributed by atoms with Gasteiger partial charge in [-0.05, 0) is 42.7 Å². The molecule has 0 heterocycles. The zero-order valence-electron chi connectivity index (χ0n) is 13.0. The van der Waals surface area contributed by atoms with Gasteiger partial charge in [0.25, 0.3) is 0 Å². The van der Waals surface area contributed by atoms with E-state index in [1.807, 2.05) is 12.1 Å². The van der Waals surface area contributed by atoms with Crippen LogP contribution in [0.15, 0.2) is 24.3 Å². The quantitative estimate of drug-likeness (QED) is 0.578. The number of hydrogen-bond donors (Lipinski definition) is 3. The second kappa shape index (κ2) is 7.82. The lowest BCUT2D eigenvalue weighted by Gasteiger charge is -2.25. The van der Waals surface area contributed by atoms with Crippen LogP contribution in [0.5, 0.6) is 0 Å². The summed E-state index contributed by atoms with van der Waals surface area (Å²) in [6.07, 6.45) is 3.79. The van der Waals surface area contributed by atoms with Crippen molar-refractivity contribution < 1.29 is 14.7 Å². The molecule has 1 aliphatic rings. The van der Waals surface area contributed by atoms with Crippen LogP contribution in [0.3, 0.4) is 0 Å². The second-order valence-electron chi connectivity index (χ2n) is 5.94. The first kappa shape index (κ1) is 16.3. The first-order valence-corrected chi connectivity index (χ1v) is 7.92. The Morgan fingerprint density at radius 3 is 2.86 bits per heavy atom. The fourth-order valence-corrected chi connectivity index (χ4v) is 3.01. The molecule has 3 N–H and O–H groups in total. The van der Waals surface area contributed by atoms with E-state index in [1.54, 1.807) is 0 Å².